The minimum absolute atomic E-state index is 0.210. The van der Waals surface area contributed by atoms with Crippen molar-refractivity contribution in [1.29, 1.82) is 0 Å². The molecule has 0 aromatic heterocycles. The van der Waals surface area contributed by atoms with Crippen LogP contribution in [0.3, 0.4) is 0 Å². The average Bonchev–Trinajstić information content (AvgIpc) is 2.41. The molecule has 1 amide bonds. The number of hydrogen-bond acceptors (Lipinski definition) is 5. The van der Waals surface area contributed by atoms with E-state index in [9.17, 15) is 17.6 Å². The molecule has 0 radical (unpaired) electrons. The zero-order valence-electron chi connectivity index (χ0n) is 11.7. The lowest BCUT2D eigenvalue weighted by Gasteiger charge is -2.14. The molecule has 7 nitrogen and oxygen atoms in total. The average molecular weight is 319 g/mol. The van der Waals surface area contributed by atoms with Crippen LogP contribution in [0, 0.1) is 5.82 Å². The lowest BCUT2D eigenvalue weighted by molar-refractivity contribution is -0.122. The number of nitrogen functional groups attached to an aromatic ring is 1. The number of methoxy groups -OCH3 is 1. The van der Waals surface area contributed by atoms with E-state index in [-0.39, 0.29) is 17.1 Å². The molecule has 0 spiro atoms. The summed E-state index contributed by atoms with van der Waals surface area (Å²) in [4.78, 5) is 11.5. The van der Waals surface area contributed by atoms with Gasteiger partial charge in [0.15, 0.2) is 0 Å². The Kier molecular flexibility index (Phi) is 6.06. The summed E-state index contributed by atoms with van der Waals surface area (Å²) >= 11 is 0. The Hall–Kier alpha value is -1.71. The van der Waals surface area contributed by atoms with E-state index >= 15 is 0 Å². The molecule has 0 fully saturated rings. The molecular weight excluding hydrogens is 301 g/mol. The van der Waals surface area contributed by atoms with Gasteiger partial charge in [0.1, 0.15) is 5.82 Å². The molecule has 1 aromatic carbocycles. The lowest BCUT2D eigenvalue weighted by Crippen LogP contribution is -2.45. The SMILES string of the molecule is COCCNC(=O)C(C)NS(=O)(=O)c1ccc(F)c(N)c1. The van der Waals surface area contributed by atoms with Crippen molar-refractivity contribution in [2.24, 2.45) is 0 Å². The maximum atomic E-state index is 13.0. The van der Waals surface area contributed by atoms with E-state index in [4.69, 9.17) is 10.5 Å². The van der Waals surface area contributed by atoms with Gasteiger partial charge in [-0.3, -0.25) is 4.79 Å². The van der Waals surface area contributed by atoms with Gasteiger partial charge in [-0.05, 0) is 25.1 Å². The largest absolute Gasteiger partial charge is 0.396 e. The monoisotopic (exact) mass is 319 g/mol. The number of carbonyl (C=O) groups is 1. The van der Waals surface area contributed by atoms with Crippen molar-refractivity contribution in [3.63, 3.8) is 0 Å². The first kappa shape index (κ1) is 17.3. The highest BCUT2D eigenvalue weighted by Crippen LogP contribution is 2.16. The highest BCUT2D eigenvalue weighted by Gasteiger charge is 2.22. The Balaban J connectivity index is 2.75. The van der Waals surface area contributed by atoms with Gasteiger partial charge in [0.2, 0.25) is 15.9 Å². The van der Waals surface area contributed by atoms with Crippen LogP contribution >= 0.6 is 0 Å². The van der Waals surface area contributed by atoms with E-state index in [2.05, 4.69) is 10.0 Å². The maximum Gasteiger partial charge on any atom is 0.241 e. The molecule has 0 heterocycles. The molecule has 0 bridgehead atoms. The molecule has 1 unspecified atom stereocenters. The minimum atomic E-state index is -3.96. The zero-order chi connectivity index (χ0) is 16.0. The summed E-state index contributed by atoms with van der Waals surface area (Å²) in [6.07, 6.45) is 0. The van der Waals surface area contributed by atoms with Crippen molar-refractivity contribution >= 4 is 21.6 Å². The van der Waals surface area contributed by atoms with Crippen molar-refractivity contribution < 1.29 is 22.3 Å². The smallest absolute Gasteiger partial charge is 0.241 e. The first-order valence-corrected chi connectivity index (χ1v) is 7.60. The van der Waals surface area contributed by atoms with Gasteiger partial charge in [-0.15, -0.1) is 0 Å². The minimum Gasteiger partial charge on any atom is -0.396 e. The van der Waals surface area contributed by atoms with Crippen LogP contribution in [0.1, 0.15) is 6.92 Å². The van der Waals surface area contributed by atoms with E-state index in [1.165, 1.54) is 14.0 Å². The Morgan fingerprint density at radius 2 is 2.14 bits per heavy atom. The molecule has 0 saturated heterocycles. The molecule has 9 heteroatoms. The van der Waals surface area contributed by atoms with Crippen LogP contribution in [0.5, 0.6) is 0 Å². The van der Waals surface area contributed by atoms with Crippen LogP contribution in [0.2, 0.25) is 0 Å². The molecule has 0 aliphatic heterocycles. The number of benzene rings is 1. The number of sulfonamides is 1. The summed E-state index contributed by atoms with van der Waals surface area (Å²) in [5.74, 6) is -1.20. The molecule has 1 rings (SSSR count). The fourth-order valence-corrected chi connectivity index (χ4v) is 2.71. The van der Waals surface area contributed by atoms with Crippen molar-refractivity contribution in [2.45, 2.75) is 17.9 Å². The fourth-order valence-electron chi connectivity index (χ4n) is 1.47. The van der Waals surface area contributed by atoms with Crippen LogP contribution in [0.15, 0.2) is 23.1 Å². The quantitative estimate of drug-likeness (QED) is 0.478. The number of hydrogen-bond donors (Lipinski definition) is 3. The van der Waals surface area contributed by atoms with Crippen molar-refractivity contribution in [1.82, 2.24) is 10.0 Å². The van der Waals surface area contributed by atoms with Gasteiger partial charge in [-0.2, -0.15) is 4.72 Å². The molecular formula is C12H18FN3O4S. The maximum absolute atomic E-state index is 13.0. The van der Waals surface area contributed by atoms with Gasteiger partial charge in [-0.1, -0.05) is 0 Å². The lowest BCUT2D eigenvalue weighted by atomic mass is 10.3. The van der Waals surface area contributed by atoms with E-state index in [1.807, 2.05) is 0 Å². The summed E-state index contributed by atoms with van der Waals surface area (Å²) < 4.78 is 44.1. The summed E-state index contributed by atoms with van der Waals surface area (Å²) in [7, 11) is -2.48. The van der Waals surface area contributed by atoms with Gasteiger partial charge in [0, 0.05) is 13.7 Å². The molecule has 21 heavy (non-hydrogen) atoms. The second-order valence-corrected chi connectivity index (χ2v) is 6.02. The number of carbonyl (C=O) groups excluding carboxylic acids is 1. The van der Waals surface area contributed by atoms with Crippen LogP contribution in [-0.2, 0) is 19.6 Å². The molecule has 1 aromatic rings. The Morgan fingerprint density at radius 3 is 2.71 bits per heavy atom. The van der Waals surface area contributed by atoms with E-state index in [0.29, 0.717) is 6.61 Å². The summed E-state index contributed by atoms with van der Waals surface area (Å²) in [6.45, 7) is 1.98. The zero-order valence-corrected chi connectivity index (χ0v) is 12.5. The molecule has 0 saturated carbocycles. The normalized spacial score (nSPS) is 12.9. The topological polar surface area (TPSA) is 111 Å². The Morgan fingerprint density at radius 1 is 1.48 bits per heavy atom. The predicted octanol–water partition coefficient (Wildman–Crippen LogP) is -0.163. The van der Waals surface area contributed by atoms with Crippen LogP contribution in [-0.4, -0.2) is 40.6 Å². The third-order valence-corrected chi connectivity index (χ3v) is 4.15. The second-order valence-electron chi connectivity index (χ2n) is 4.31. The number of amides is 1. The Bertz CT molecular complexity index is 607. The van der Waals surface area contributed by atoms with Crippen LogP contribution in [0.4, 0.5) is 10.1 Å². The van der Waals surface area contributed by atoms with Crippen LogP contribution in [0.25, 0.3) is 0 Å². The van der Waals surface area contributed by atoms with E-state index in [0.717, 1.165) is 18.2 Å². The van der Waals surface area contributed by atoms with Crippen molar-refractivity contribution in [3.05, 3.63) is 24.0 Å². The summed E-state index contributed by atoms with van der Waals surface area (Å²) in [6, 6.07) is 2.03. The van der Waals surface area contributed by atoms with Gasteiger partial charge in [0.25, 0.3) is 0 Å². The third kappa shape index (κ3) is 4.96. The highest BCUT2D eigenvalue weighted by atomic mass is 32.2. The number of ether oxygens (including phenoxy) is 1. The van der Waals surface area contributed by atoms with Crippen molar-refractivity contribution in [3.8, 4) is 0 Å². The van der Waals surface area contributed by atoms with Gasteiger partial charge < -0.3 is 15.8 Å². The highest BCUT2D eigenvalue weighted by molar-refractivity contribution is 7.89. The predicted molar refractivity (Wildman–Crippen MR) is 75.5 cm³/mol. The second kappa shape index (κ2) is 7.34. The number of nitrogens with two attached hydrogens (primary N) is 1. The molecule has 1 atom stereocenters. The number of halogens is 1. The fraction of sp³-hybridized carbons (Fsp3) is 0.417. The van der Waals surface area contributed by atoms with E-state index in [1.54, 1.807) is 0 Å². The summed E-state index contributed by atoms with van der Waals surface area (Å²) in [5, 5.41) is 2.50. The van der Waals surface area contributed by atoms with Gasteiger partial charge >= 0.3 is 0 Å². The van der Waals surface area contributed by atoms with Gasteiger partial charge in [-0.25, -0.2) is 12.8 Å². The van der Waals surface area contributed by atoms with Gasteiger partial charge in [0.05, 0.1) is 23.2 Å². The number of nitrogens with one attached hydrogen (secondary N) is 2. The molecule has 0 aliphatic carbocycles. The first-order valence-electron chi connectivity index (χ1n) is 6.12. The Labute approximate surface area is 122 Å². The first-order chi connectivity index (χ1) is 9.77. The molecule has 4 N–H and O–H groups in total. The van der Waals surface area contributed by atoms with Crippen LogP contribution < -0.4 is 15.8 Å². The number of anilines is 1. The number of rotatable bonds is 7. The molecule has 118 valence electrons. The van der Waals surface area contributed by atoms with E-state index < -0.39 is 27.8 Å². The third-order valence-electron chi connectivity index (χ3n) is 2.61. The van der Waals surface area contributed by atoms with Crippen molar-refractivity contribution in [2.75, 3.05) is 26.0 Å². The summed E-state index contributed by atoms with van der Waals surface area (Å²) in [5.41, 5.74) is 5.05. The molecule has 0 aliphatic rings. The standard InChI is InChI=1S/C12H18FN3O4S/c1-8(12(17)15-5-6-20-2)16-21(18,19)9-3-4-10(13)11(14)7-9/h3-4,7-8,16H,5-6,14H2,1-2H3,(H,15,17).